The Labute approximate surface area is 138 Å². The molecule has 1 aromatic carbocycles. The summed E-state index contributed by atoms with van der Waals surface area (Å²) in [5, 5.41) is 11.0. The van der Waals surface area contributed by atoms with Gasteiger partial charge in [-0.2, -0.15) is 0 Å². The minimum atomic E-state index is -3.78. The van der Waals surface area contributed by atoms with Crippen LogP contribution in [0, 0.1) is 17.0 Å². The number of hydrogen-bond donors (Lipinski definition) is 1. The first-order valence-corrected chi connectivity index (χ1v) is 8.90. The van der Waals surface area contributed by atoms with Crippen molar-refractivity contribution in [2.75, 3.05) is 4.72 Å². The second-order valence-electron chi connectivity index (χ2n) is 4.05. The summed E-state index contributed by atoms with van der Waals surface area (Å²) < 4.78 is 27.3. The maximum atomic E-state index is 12.2. The first-order valence-electron chi connectivity index (χ1n) is 5.43. The van der Waals surface area contributed by atoms with Crippen LogP contribution in [0.5, 0.6) is 0 Å². The summed E-state index contributed by atoms with van der Waals surface area (Å²) in [6.07, 6.45) is 0. The topological polar surface area (TPSA) is 89.3 Å². The van der Waals surface area contributed by atoms with Crippen LogP contribution in [0.4, 0.5) is 11.4 Å². The van der Waals surface area contributed by atoms with Crippen molar-refractivity contribution in [3.8, 4) is 0 Å². The lowest BCUT2D eigenvalue weighted by molar-refractivity contribution is -0.385. The quantitative estimate of drug-likeness (QED) is 0.603. The SMILES string of the molecule is Cc1cc(NS(=O)(=O)c2cc(Cl)c(Br)s2)ccc1[N+](=O)[O-]. The summed E-state index contributed by atoms with van der Waals surface area (Å²) in [6, 6.07) is 5.33. The zero-order valence-corrected chi connectivity index (χ0v) is 14.4. The second kappa shape index (κ2) is 5.91. The Morgan fingerprint density at radius 3 is 2.52 bits per heavy atom. The van der Waals surface area contributed by atoms with Crippen molar-refractivity contribution < 1.29 is 13.3 Å². The fourth-order valence-corrected chi connectivity index (χ4v) is 5.04. The highest BCUT2D eigenvalue weighted by Crippen LogP contribution is 2.35. The lowest BCUT2D eigenvalue weighted by Crippen LogP contribution is -2.11. The summed E-state index contributed by atoms with van der Waals surface area (Å²) >= 11 is 9.94. The Morgan fingerprint density at radius 1 is 1.38 bits per heavy atom. The number of aryl methyl sites for hydroxylation is 1. The molecule has 0 bridgehead atoms. The molecule has 0 aliphatic heterocycles. The molecular formula is C11H8BrClN2O4S2. The predicted octanol–water partition coefficient (Wildman–Crippen LogP) is 4.18. The van der Waals surface area contributed by atoms with E-state index in [1.165, 1.54) is 31.2 Å². The van der Waals surface area contributed by atoms with Crippen LogP contribution in [0.3, 0.4) is 0 Å². The van der Waals surface area contributed by atoms with E-state index < -0.39 is 14.9 Å². The van der Waals surface area contributed by atoms with Crippen molar-refractivity contribution >= 4 is 60.3 Å². The van der Waals surface area contributed by atoms with E-state index in [0.29, 0.717) is 14.4 Å². The molecule has 0 aliphatic rings. The maximum Gasteiger partial charge on any atom is 0.272 e. The van der Waals surface area contributed by atoms with Gasteiger partial charge in [0.05, 0.1) is 13.7 Å². The highest BCUT2D eigenvalue weighted by molar-refractivity contribution is 9.11. The van der Waals surface area contributed by atoms with E-state index in [-0.39, 0.29) is 15.6 Å². The number of nitrogens with one attached hydrogen (secondary N) is 1. The van der Waals surface area contributed by atoms with E-state index in [0.717, 1.165) is 11.3 Å². The van der Waals surface area contributed by atoms with Crippen LogP contribution in [0.2, 0.25) is 5.02 Å². The fourth-order valence-electron chi connectivity index (χ4n) is 1.59. The third-order valence-corrected chi connectivity index (χ3v) is 6.86. The van der Waals surface area contributed by atoms with Crippen molar-refractivity contribution in [1.29, 1.82) is 0 Å². The third kappa shape index (κ3) is 3.54. The minimum Gasteiger partial charge on any atom is -0.279 e. The number of sulfonamides is 1. The van der Waals surface area contributed by atoms with Crippen LogP contribution < -0.4 is 4.72 Å². The molecule has 0 radical (unpaired) electrons. The van der Waals surface area contributed by atoms with Gasteiger partial charge in [0, 0.05) is 17.3 Å². The molecule has 0 aliphatic carbocycles. The molecule has 0 saturated heterocycles. The monoisotopic (exact) mass is 410 g/mol. The molecule has 21 heavy (non-hydrogen) atoms. The zero-order valence-electron chi connectivity index (χ0n) is 10.5. The van der Waals surface area contributed by atoms with Gasteiger partial charge in [-0.1, -0.05) is 11.6 Å². The van der Waals surface area contributed by atoms with E-state index in [1.54, 1.807) is 0 Å². The first kappa shape index (κ1) is 16.2. The van der Waals surface area contributed by atoms with E-state index in [2.05, 4.69) is 20.7 Å². The summed E-state index contributed by atoms with van der Waals surface area (Å²) in [6.45, 7) is 1.54. The number of nitrogens with zero attached hydrogens (tertiary/aromatic N) is 1. The van der Waals surface area contributed by atoms with Crippen LogP contribution >= 0.6 is 38.9 Å². The molecule has 6 nitrogen and oxygen atoms in total. The van der Waals surface area contributed by atoms with Crippen LogP contribution in [0.25, 0.3) is 0 Å². The van der Waals surface area contributed by atoms with Crippen LogP contribution in [0.1, 0.15) is 5.56 Å². The van der Waals surface area contributed by atoms with Crippen LogP contribution in [0.15, 0.2) is 32.3 Å². The van der Waals surface area contributed by atoms with Crippen molar-refractivity contribution in [2.45, 2.75) is 11.1 Å². The summed E-state index contributed by atoms with van der Waals surface area (Å²) in [5.41, 5.74) is 0.546. The molecule has 0 saturated carbocycles. The molecule has 2 rings (SSSR count). The summed E-state index contributed by atoms with van der Waals surface area (Å²) in [4.78, 5) is 10.2. The van der Waals surface area contributed by atoms with Gasteiger partial charge in [-0.05, 0) is 41.1 Å². The van der Waals surface area contributed by atoms with Gasteiger partial charge < -0.3 is 0 Å². The van der Waals surface area contributed by atoms with E-state index >= 15 is 0 Å². The van der Waals surface area contributed by atoms with Gasteiger partial charge in [0.15, 0.2) is 0 Å². The smallest absolute Gasteiger partial charge is 0.272 e. The summed E-state index contributed by atoms with van der Waals surface area (Å²) in [7, 11) is -3.78. The number of anilines is 1. The average Bonchev–Trinajstić information content (AvgIpc) is 2.69. The zero-order chi connectivity index (χ0) is 15.8. The number of nitro benzene ring substituents is 1. The molecule has 112 valence electrons. The first-order chi connectivity index (χ1) is 9.70. The molecule has 0 amide bonds. The van der Waals surface area contributed by atoms with E-state index in [4.69, 9.17) is 11.6 Å². The molecule has 0 atom stereocenters. The summed E-state index contributed by atoms with van der Waals surface area (Å²) in [5.74, 6) is 0. The number of halogens is 2. The number of nitro groups is 1. The van der Waals surface area contributed by atoms with Crippen molar-refractivity contribution in [1.82, 2.24) is 0 Å². The minimum absolute atomic E-state index is 0.0513. The van der Waals surface area contributed by atoms with Gasteiger partial charge in [-0.15, -0.1) is 11.3 Å². The molecule has 1 heterocycles. The van der Waals surface area contributed by atoms with Gasteiger partial charge >= 0.3 is 0 Å². The third-order valence-electron chi connectivity index (χ3n) is 2.53. The van der Waals surface area contributed by atoms with E-state index in [1.807, 2.05) is 0 Å². The van der Waals surface area contributed by atoms with Crippen molar-refractivity contribution in [2.24, 2.45) is 0 Å². The number of benzene rings is 1. The standard InChI is InChI=1S/C11H8BrClN2O4S2/c1-6-4-7(2-3-9(6)15(16)17)14-21(18,19)10-5-8(13)11(12)20-10/h2-5,14H,1H3. The molecule has 0 spiro atoms. The second-order valence-corrected chi connectivity index (χ2v) is 8.74. The predicted molar refractivity (Wildman–Crippen MR) is 85.7 cm³/mol. The maximum absolute atomic E-state index is 12.2. The molecular weight excluding hydrogens is 404 g/mol. The molecule has 0 unspecified atom stereocenters. The molecule has 2 aromatic rings. The van der Waals surface area contributed by atoms with Crippen molar-refractivity contribution in [3.05, 3.63) is 48.8 Å². The van der Waals surface area contributed by atoms with Gasteiger partial charge in [0.2, 0.25) is 0 Å². The van der Waals surface area contributed by atoms with Gasteiger partial charge in [-0.25, -0.2) is 8.42 Å². The highest BCUT2D eigenvalue weighted by Gasteiger charge is 2.20. The number of thiophene rings is 1. The molecule has 1 N–H and O–H groups in total. The van der Waals surface area contributed by atoms with Crippen molar-refractivity contribution in [3.63, 3.8) is 0 Å². The van der Waals surface area contributed by atoms with Crippen LogP contribution in [-0.4, -0.2) is 13.3 Å². The number of rotatable bonds is 4. The Kier molecular flexibility index (Phi) is 4.57. The average molecular weight is 412 g/mol. The van der Waals surface area contributed by atoms with Crippen LogP contribution in [-0.2, 0) is 10.0 Å². The highest BCUT2D eigenvalue weighted by atomic mass is 79.9. The largest absolute Gasteiger partial charge is 0.279 e. The van der Waals surface area contributed by atoms with Gasteiger partial charge in [-0.3, -0.25) is 14.8 Å². The Bertz CT molecular complexity index is 800. The van der Waals surface area contributed by atoms with Gasteiger partial charge in [0.1, 0.15) is 4.21 Å². The molecule has 1 aromatic heterocycles. The normalized spacial score (nSPS) is 11.4. The lowest BCUT2D eigenvalue weighted by atomic mass is 10.2. The fraction of sp³-hybridized carbons (Fsp3) is 0.0909. The Balaban J connectivity index is 2.33. The van der Waals surface area contributed by atoms with E-state index in [9.17, 15) is 18.5 Å². The number of hydrogen-bond acceptors (Lipinski definition) is 5. The molecule has 0 fully saturated rings. The lowest BCUT2D eigenvalue weighted by Gasteiger charge is -2.07. The van der Waals surface area contributed by atoms with Gasteiger partial charge in [0.25, 0.3) is 15.7 Å². The molecule has 10 heteroatoms. The Hall–Kier alpha value is -1.16. The Morgan fingerprint density at radius 2 is 2.05 bits per heavy atom.